The lowest BCUT2D eigenvalue weighted by Crippen LogP contribution is -2.31. The van der Waals surface area contributed by atoms with Crippen LogP contribution in [0.1, 0.15) is 0 Å². The second-order valence-corrected chi connectivity index (χ2v) is 1.08. The maximum atomic E-state index is 11.7. The van der Waals surface area contributed by atoms with Crippen LogP contribution in [0.2, 0.25) is 0 Å². The Balaban J connectivity index is 3.56. The van der Waals surface area contributed by atoms with Gasteiger partial charge in [-0.05, 0) is 0 Å². The number of rotatable bonds is 1. The van der Waals surface area contributed by atoms with Crippen LogP contribution in [0.25, 0.3) is 0 Å². The van der Waals surface area contributed by atoms with E-state index in [-0.39, 0.29) is 0 Å². The van der Waals surface area contributed by atoms with Gasteiger partial charge in [-0.25, -0.2) is 4.39 Å². The second kappa shape index (κ2) is 2.54. The Bertz CT molecular complexity index is 78.2. The zero-order chi connectivity index (χ0) is 5.86. The highest BCUT2D eigenvalue weighted by atomic mass is 19.1. The summed E-state index contributed by atoms with van der Waals surface area (Å²) in [5, 5.41) is 0. The van der Waals surface area contributed by atoms with Crippen molar-refractivity contribution >= 4 is 0 Å². The van der Waals surface area contributed by atoms with E-state index in [1.54, 1.807) is 0 Å². The van der Waals surface area contributed by atoms with Crippen molar-refractivity contribution in [2.45, 2.75) is 6.17 Å². The molecule has 0 amide bonds. The van der Waals surface area contributed by atoms with Crippen molar-refractivity contribution in [2.75, 3.05) is 0 Å². The Hall–Kier alpha value is -0.610. The van der Waals surface area contributed by atoms with Crippen LogP contribution in [0.3, 0.4) is 0 Å². The third-order valence-corrected chi connectivity index (χ3v) is 0.478. The van der Waals surface area contributed by atoms with Crippen molar-refractivity contribution in [1.29, 1.82) is 0 Å². The summed E-state index contributed by atoms with van der Waals surface area (Å²) in [4.78, 5) is 0. The molecular weight excluding hydrogens is 97.1 g/mol. The number of halogens is 1. The van der Waals surface area contributed by atoms with Crippen LogP contribution in [0.5, 0.6) is 0 Å². The van der Waals surface area contributed by atoms with Crippen molar-refractivity contribution < 1.29 is 4.39 Å². The lowest BCUT2D eigenvalue weighted by Gasteiger charge is -1.96. The highest BCUT2D eigenvalue weighted by molar-refractivity contribution is 4.94. The van der Waals surface area contributed by atoms with E-state index in [9.17, 15) is 4.39 Å². The van der Waals surface area contributed by atoms with Gasteiger partial charge in [0.15, 0.2) is 0 Å². The van der Waals surface area contributed by atoms with Crippen LogP contribution < -0.4 is 17.2 Å². The van der Waals surface area contributed by atoms with Crippen LogP contribution in [-0.4, -0.2) is 6.17 Å². The number of nitrogens with two attached hydrogens (primary N) is 3. The summed E-state index contributed by atoms with van der Waals surface area (Å²) in [5.74, 6) is -0.694. The quantitative estimate of drug-likeness (QED) is 0.374. The molecule has 0 aromatic carbocycles. The van der Waals surface area contributed by atoms with Gasteiger partial charge in [-0.15, -0.1) is 0 Å². The predicted molar refractivity (Wildman–Crippen MR) is 25.5 cm³/mol. The van der Waals surface area contributed by atoms with E-state index in [0.717, 1.165) is 6.20 Å². The Morgan fingerprint density at radius 1 is 1.57 bits per heavy atom. The van der Waals surface area contributed by atoms with Gasteiger partial charge in [-0.1, -0.05) is 0 Å². The SMILES string of the molecule is N/C=C(/F)C(N)N. The topological polar surface area (TPSA) is 78.1 Å². The number of hydrogen-bond donors (Lipinski definition) is 3. The van der Waals surface area contributed by atoms with Crippen LogP contribution >= 0.6 is 0 Å². The van der Waals surface area contributed by atoms with Crippen molar-refractivity contribution in [1.82, 2.24) is 0 Å². The van der Waals surface area contributed by atoms with Crippen molar-refractivity contribution in [3.05, 3.63) is 12.0 Å². The van der Waals surface area contributed by atoms with E-state index < -0.39 is 12.0 Å². The van der Waals surface area contributed by atoms with Crippen LogP contribution in [-0.2, 0) is 0 Å². The molecule has 6 N–H and O–H groups in total. The molecule has 0 aromatic rings. The molecular formula is C3H8FN3. The van der Waals surface area contributed by atoms with E-state index in [4.69, 9.17) is 11.5 Å². The molecule has 0 spiro atoms. The lowest BCUT2D eigenvalue weighted by atomic mass is 10.5. The molecule has 4 heteroatoms. The first kappa shape index (κ1) is 6.39. The first-order valence-electron chi connectivity index (χ1n) is 1.77. The average molecular weight is 105 g/mol. The van der Waals surface area contributed by atoms with Gasteiger partial charge < -0.3 is 17.2 Å². The molecule has 0 aliphatic rings. The molecule has 3 nitrogen and oxygen atoms in total. The zero-order valence-electron chi connectivity index (χ0n) is 3.76. The highest BCUT2D eigenvalue weighted by Crippen LogP contribution is 1.90. The molecule has 0 unspecified atom stereocenters. The van der Waals surface area contributed by atoms with Gasteiger partial charge in [0.1, 0.15) is 12.0 Å². The molecule has 0 aliphatic carbocycles. The van der Waals surface area contributed by atoms with Crippen LogP contribution in [0.4, 0.5) is 4.39 Å². The number of hydrogen-bond acceptors (Lipinski definition) is 3. The molecule has 0 fully saturated rings. The van der Waals surface area contributed by atoms with E-state index in [2.05, 4.69) is 5.73 Å². The predicted octanol–water partition coefficient (Wildman–Crippen LogP) is -1.00. The summed E-state index contributed by atoms with van der Waals surface area (Å²) in [5.41, 5.74) is 14.3. The molecule has 42 valence electrons. The Kier molecular flexibility index (Phi) is 2.32. The van der Waals surface area contributed by atoms with Crippen LogP contribution in [0.15, 0.2) is 12.0 Å². The lowest BCUT2D eigenvalue weighted by molar-refractivity contribution is 0.546. The van der Waals surface area contributed by atoms with E-state index in [1.807, 2.05) is 0 Å². The monoisotopic (exact) mass is 105 g/mol. The minimum absolute atomic E-state index is 0.694. The average Bonchev–Trinajstić information content (AvgIpc) is 1.65. The van der Waals surface area contributed by atoms with Crippen molar-refractivity contribution in [3.63, 3.8) is 0 Å². The third kappa shape index (κ3) is 2.13. The Morgan fingerprint density at radius 3 is 2.00 bits per heavy atom. The molecule has 7 heavy (non-hydrogen) atoms. The van der Waals surface area contributed by atoms with Gasteiger partial charge in [0.2, 0.25) is 0 Å². The van der Waals surface area contributed by atoms with Gasteiger partial charge >= 0.3 is 0 Å². The molecule has 0 aliphatic heterocycles. The van der Waals surface area contributed by atoms with Gasteiger partial charge in [-0.3, -0.25) is 0 Å². The summed E-state index contributed by atoms with van der Waals surface area (Å²) in [7, 11) is 0. The fourth-order valence-electron chi connectivity index (χ4n) is 0.111. The molecule has 0 rings (SSSR count). The smallest absolute Gasteiger partial charge is 0.146 e. The normalized spacial score (nSPS) is 12.9. The van der Waals surface area contributed by atoms with E-state index in [1.165, 1.54) is 0 Å². The minimum atomic E-state index is -1.06. The standard InChI is InChI=1S/C3H8FN3/c4-2(1-5)3(6)7/h1,3H,5-7H2/b2-1+. The Labute approximate surface area is 41.0 Å². The summed E-state index contributed by atoms with van der Waals surface area (Å²) in [6.07, 6.45) is -0.324. The van der Waals surface area contributed by atoms with E-state index >= 15 is 0 Å². The highest BCUT2D eigenvalue weighted by Gasteiger charge is 1.97. The third-order valence-electron chi connectivity index (χ3n) is 0.478. The summed E-state index contributed by atoms with van der Waals surface area (Å²) < 4.78 is 11.7. The molecule has 0 atom stereocenters. The summed E-state index contributed by atoms with van der Waals surface area (Å²) in [6, 6.07) is 0. The maximum absolute atomic E-state index is 11.7. The molecule has 0 saturated carbocycles. The maximum Gasteiger partial charge on any atom is 0.146 e. The molecule has 0 heterocycles. The van der Waals surface area contributed by atoms with Crippen molar-refractivity contribution in [2.24, 2.45) is 17.2 Å². The first-order chi connectivity index (χ1) is 3.18. The molecule has 0 radical (unpaired) electrons. The fraction of sp³-hybridized carbons (Fsp3) is 0.333. The molecule has 0 bridgehead atoms. The minimum Gasteiger partial charge on any atom is -0.402 e. The van der Waals surface area contributed by atoms with Gasteiger partial charge in [-0.2, -0.15) is 0 Å². The van der Waals surface area contributed by atoms with E-state index in [0.29, 0.717) is 0 Å². The Morgan fingerprint density at radius 2 is 2.00 bits per heavy atom. The van der Waals surface area contributed by atoms with Gasteiger partial charge in [0.05, 0.1) is 0 Å². The van der Waals surface area contributed by atoms with Crippen molar-refractivity contribution in [3.8, 4) is 0 Å². The molecule has 0 aromatic heterocycles. The first-order valence-corrected chi connectivity index (χ1v) is 1.77. The second-order valence-electron chi connectivity index (χ2n) is 1.08. The molecule has 0 saturated heterocycles. The largest absolute Gasteiger partial charge is 0.402 e. The van der Waals surface area contributed by atoms with Crippen LogP contribution in [0, 0.1) is 0 Å². The zero-order valence-corrected chi connectivity index (χ0v) is 3.76. The van der Waals surface area contributed by atoms with Gasteiger partial charge in [0.25, 0.3) is 0 Å². The summed E-state index contributed by atoms with van der Waals surface area (Å²) in [6.45, 7) is 0. The van der Waals surface area contributed by atoms with Gasteiger partial charge in [0, 0.05) is 6.20 Å². The fourth-order valence-corrected chi connectivity index (χ4v) is 0.111. The summed E-state index contributed by atoms with van der Waals surface area (Å²) >= 11 is 0.